The molecular weight excluding hydrogens is 357 g/mol. The number of halogens is 1. The largest absolute Gasteiger partial charge is 0.379 e. The molecule has 1 saturated heterocycles. The summed E-state index contributed by atoms with van der Waals surface area (Å²) < 4.78 is 18.8. The lowest BCUT2D eigenvalue weighted by atomic mass is 9.90. The number of carbonyl (C=O) groups is 1. The molecule has 0 atom stereocenters. The standard InChI is InChI=1S/C22H26FN3O2/c23-18-3-1-2-16(14-18)21-9-4-17(15-24-21)22(27)25-19-5-7-20(8-6-19)26-10-12-28-13-11-26/h1-4,9,14-15,19-20H,5-8,10-13H2,(H,25,27). The molecule has 28 heavy (non-hydrogen) atoms. The second kappa shape index (κ2) is 8.80. The maximum atomic E-state index is 13.4. The number of nitrogens with one attached hydrogen (secondary N) is 1. The molecule has 0 spiro atoms. The molecule has 1 aromatic heterocycles. The molecule has 1 saturated carbocycles. The number of aromatic nitrogens is 1. The Labute approximate surface area is 164 Å². The van der Waals surface area contributed by atoms with E-state index in [1.54, 1.807) is 30.5 Å². The average Bonchev–Trinajstić information content (AvgIpc) is 2.75. The Morgan fingerprint density at radius 3 is 2.57 bits per heavy atom. The molecular formula is C22H26FN3O2. The summed E-state index contributed by atoms with van der Waals surface area (Å²) >= 11 is 0. The SMILES string of the molecule is O=C(NC1CCC(N2CCOCC2)CC1)c1ccc(-c2cccc(F)c2)nc1. The van der Waals surface area contributed by atoms with E-state index >= 15 is 0 Å². The Balaban J connectivity index is 1.30. The number of carbonyl (C=O) groups excluding carboxylic acids is 1. The van der Waals surface area contributed by atoms with Crippen LogP contribution in [0.5, 0.6) is 0 Å². The number of pyridine rings is 1. The third kappa shape index (κ3) is 4.56. The topological polar surface area (TPSA) is 54.5 Å². The molecule has 5 nitrogen and oxygen atoms in total. The summed E-state index contributed by atoms with van der Waals surface area (Å²) in [6.07, 6.45) is 5.80. The highest BCUT2D eigenvalue weighted by molar-refractivity contribution is 5.94. The van der Waals surface area contributed by atoms with Gasteiger partial charge in [-0.15, -0.1) is 0 Å². The molecule has 0 radical (unpaired) electrons. The van der Waals surface area contributed by atoms with E-state index in [-0.39, 0.29) is 17.8 Å². The van der Waals surface area contributed by atoms with Gasteiger partial charge in [0.1, 0.15) is 5.82 Å². The minimum atomic E-state index is -0.297. The fourth-order valence-corrected chi connectivity index (χ4v) is 4.14. The van der Waals surface area contributed by atoms with Crippen molar-refractivity contribution in [3.05, 3.63) is 54.0 Å². The van der Waals surface area contributed by atoms with Crippen LogP contribution in [-0.2, 0) is 4.74 Å². The van der Waals surface area contributed by atoms with E-state index in [4.69, 9.17) is 4.74 Å². The maximum absolute atomic E-state index is 13.4. The summed E-state index contributed by atoms with van der Waals surface area (Å²) in [7, 11) is 0. The summed E-state index contributed by atoms with van der Waals surface area (Å²) in [5, 5.41) is 3.14. The van der Waals surface area contributed by atoms with Gasteiger partial charge in [-0.25, -0.2) is 4.39 Å². The third-order valence-corrected chi connectivity index (χ3v) is 5.74. The van der Waals surface area contributed by atoms with Crippen LogP contribution in [0.3, 0.4) is 0 Å². The number of rotatable bonds is 4. The summed E-state index contributed by atoms with van der Waals surface area (Å²) in [5.74, 6) is -0.387. The smallest absolute Gasteiger partial charge is 0.253 e. The van der Waals surface area contributed by atoms with Crippen molar-refractivity contribution in [3.63, 3.8) is 0 Å². The molecule has 1 aromatic carbocycles. The van der Waals surface area contributed by atoms with Crippen molar-refractivity contribution in [2.24, 2.45) is 0 Å². The Bertz CT molecular complexity index is 798. The van der Waals surface area contributed by atoms with Crippen LogP contribution in [0.2, 0.25) is 0 Å². The first-order valence-electron chi connectivity index (χ1n) is 10.0. The zero-order chi connectivity index (χ0) is 19.3. The molecule has 6 heteroatoms. The van der Waals surface area contributed by atoms with Crippen LogP contribution >= 0.6 is 0 Å². The van der Waals surface area contributed by atoms with Crippen LogP contribution in [0, 0.1) is 5.82 Å². The molecule has 0 unspecified atom stereocenters. The molecule has 0 bridgehead atoms. The Kier molecular flexibility index (Phi) is 5.98. The number of amides is 1. The van der Waals surface area contributed by atoms with E-state index in [0.717, 1.165) is 52.0 Å². The lowest BCUT2D eigenvalue weighted by Crippen LogP contribution is -2.47. The Morgan fingerprint density at radius 1 is 1.11 bits per heavy atom. The highest BCUT2D eigenvalue weighted by Gasteiger charge is 2.27. The first-order valence-corrected chi connectivity index (χ1v) is 10.0. The van der Waals surface area contributed by atoms with Crippen LogP contribution in [0.4, 0.5) is 4.39 Å². The summed E-state index contributed by atoms with van der Waals surface area (Å²) in [6, 6.07) is 10.6. The predicted molar refractivity (Wildman–Crippen MR) is 106 cm³/mol. The van der Waals surface area contributed by atoms with E-state index in [2.05, 4.69) is 15.2 Å². The fraction of sp³-hybridized carbons (Fsp3) is 0.455. The van der Waals surface area contributed by atoms with Crippen molar-refractivity contribution in [3.8, 4) is 11.3 Å². The van der Waals surface area contributed by atoms with Crippen LogP contribution in [0.15, 0.2) is 42.6 Å². The molecule has 4 rings (SSSR count). The molecule has 1 amide bonds. The van der Waals surface area contributed by atoms with Gasteiger partial charge in [0.25, 0.3) is 5.91 Å². The van der Waals surface area contributed by atoms with Crippen LogP contribution in [-0.4, -0.2) is 54.2 Å². The molecule has 2 aromatic rings. The van der Waals surface area contributed by atoms with Crippen molar-refractivity contribution in [1.82, 2.24) is 15.2 Å². The van der Waals surface area contributed by atoms with Crippen molar-refractivity contribution < 1.29 is 13.9 Å². The quantitative estimate of drug-likeness (QED) is 0.881. The van der Waals surface area contributed by atoms with Gasteiger partial charge in [0.15, 0.2) is 0 Å². The summed E-state index contributed by atoms with van der Waals surface area (Å²) in [6.45, 7) is 3.70. The average molecular weight is 383 g/mol. The van der Waals surface area contributed by atoms with E-state index in [1.807, 2.05) is 0 Å². The van der Waals surface area contributed by atoms with Gasteiger partial charge < -0.3 is 10.1 Å². The van der Waals surface area contributed by atoms with E-state index in [0.29, 0.717) is 22.9 Å². The molecule has 2 fully saturated rings. The molecule has 2 heterocycles. The second-order valence-electron chi connectivity index (χ2n) is 7.57. The minimum Gasteiger partial charge on any atom is -0.379 e. The van der Waals surface area contributed by atoms with Gasteiger partial charge in [-0.05, 0) is 49.9 Å². The van der Waals surface area contributed by atoms with E-state index in [1.165, 1.54) is 12.1 Å². The number of morpholine rings is 1. The van der Waals surface area contributed by atoms with Gasteiger partial charge in [0.05, 0.1) is 24.5 Å². The molecule has 1 aliphatic carbocycles. The van der Waals surface area contributed by atoms with Crippen LogP contribution in [0.1, 0.15) is 36.0 Å². The number of nitrogens with zero attached hydrogens (tertiary/aromatic N) is 2. The third-order valence-electron chi connectivity index (χ3n) is 5.74. The first-order chi connectivity index (χ1) is 13.7. The zero-order valence-corrected chi connectivity index (χ0v) is 15.9. The minimum absolute atomic E-state index is 0.0897. The molecule has 2 aliphatic rings. The van der Waals surface area contributed by atoms with Crippen molar-refractivity contribution >= 4 is 5.91 Å². The van der Waals surface area contributed by atoms with Gasteiger partial charge in [0.2, 0.25) is 0 Å². The molecule has 148 valence electrons. The predicted octanol–water partition coefficient (Wildman–Crippen LogP) is 3.26. The maximum Gasteiger partial charge on any atom is 0.253 e. The first kappa shape index (κ1) is 19.0. The highest BCUT2D eigenvalue weighted by atomic mass is 19.1. The van der Waals surface area contributed by atoms with Crippen molar-refractivity contribution in [2.45, 2.75) is 37.8 Å². The Hall–Kier alpha value is -2.31. The van der Waals surface area contributed by atoms with E-state index in [9.17, 15) is 9.18 Å². The van der Waals surface area contributed by atoms with Gasteiger partial charge >= 0.3 is 0 Å². The fourth-order valence-electron chi connectivity index (χ4n) is 4.14. The van der Waals surface area contributed by atoms with E-state index < -0.39 is 0 Å². The number of hydrogen-bond acceptors (Lipinski definition) is 4. The van der Waals surface area contributed by atoms with Gasteiger partial charge in [0, 0.05) is 36.9 Å². The highest BCUT2D eigenvalue weighted by Crippen LogP contribution is 2.24. The monoisotopic (exact) mass is 383 g/mol. The number of hydrogen-bond donors (Lipinski definition) is 1. The van der Waals surface area contributed by atoms with Crippen molar-refractivity contribution in [1.29, 1.82) is 0 Å². The van der Waals surface area contributed by atoms with Crippen molar-refractivity contribution in [2.75, 3.05) is 26.3 Å². The molecule has 1 N–H and O–H groups in total. The summed E-state index contributed by atoms with van der Waals surface area (Å²) in [5.41, 5.74) is 1.89. The van der Waals surface area contributed by atoms with Gasteiger partial charge in [-0.3, -0.25) is 14.7 Å². The lowest BCUT2D eigenvalue weighted by Gasteiger charge is -2.38. The number of ether oxygens (including phenoxy) is 1. The lowest BCUT2D eigenvalue weighted by molar-refractivity contribution is 0.00664. The Morgan fingerprint density at radius 2 is 1.89 bits per heavy atom. The van der Waals surface area contributed by atoms with Crippen LogP contribution < -0.4 is 5.32 Å². The number of benzene rings is 1. The molecule has 1 aliphatic heterocycles. The second-order valence-corrected chi connectivity index (χ2v) is 7.57. The normalized spacial score (nSPS) is 23.3. The van der Waals surface area contributed by atoms with Crippen LogP contribution in [0.25, 0.3) is 11.3 Å². The zero-order valence-electron chi connectivity index (χ0n) is 15.9. The van der Waals surface area contributed by atoms with Gasteiger partial charge in [-0.2, -0.15) is 0 Å². The summed E-state index contributed by atoms with van der Waals surface area (Å²) in [4.78, 5) is 19.4. The van der Waals surface area contributed by atoms with Gasteiger partial charge in [-0.1, -0.05) is 12.1 Å².